The summed E-state index contributed by atoms with van der Waals surface area (Å²) in [5, 5.41) is 3.99. The molecule has 172 valence electrons. The number of nitrogens with zero attached hydrogens (tertiary/aromatic N) is 2. The van der Waals surface area contributed by atoms with E-state index in [2.05, 4.69) is 10.7 Å². The summed E-state index contributed by atoms with van der Waals surface area (Å²) in [6, 6.07) is 11.0. The zero-order chi connectivity index (χ0) is 24.3. The lowest BCUT2D eigenvalue weighted by atomic mass is 10.1. The van der Waals surface area contributed by atoms with E-state index < -0.39 is 35.6 Å². The highest BCUT2D eigenvalue weighted by Gasteiger charge is 2.45. The summed E-state index contributed by atoms with van der Waals surface area (Å²) in [6.45, 7) is 4.62. The lowest BCUT2D eigenvalue weighted by Crippen LogP contribution is -2.55. The first-order chi connectivity index (χ1) is 15.6. The minimum absolute atomic E-state index is 0.239. The van der Waals surface area contributed by atoms with E-state index in [0.717, 1.165) is 9.91 Å². The maximum Gasteiger partial charge on any atom is 0.269 e. The van der Waals surface area contributed by atoms with Gasteiger partial charge in [0.05, 0.1) is 12.1 Å². The number of benzene rings is 2. The van der Waals surface area contributed by atoms with Gasteiger partial charge in [0.15, 0.2) is 0 Å². The van der Waals surface area contributed by atoms with E-state index in [1.165, 1.54) is 43.3 Å². The third-order valence-electron chi connectivity index (χ3n) is 4.94. The largest absolute Gasteiger partial charge is 0.326 e. The first-order valence-electron chi connectivity index (χ1n) is 10.2. The van der Waals surface area contributed by atoms with Crippen molar-refractivity contribution in [2.45, 2.75) is 33.2 Å². The van der Waals surface area contributed by atoms with Crippen molar-refractivity contribution in [2.75, 3.05) is 10.2 Å². The number of hydrogen-bond donors (Lipinski definition) is 2. The Balaban J connectivity index is 1.85. The zero-order valence-corrected chi connectivity index (χ0v) is 19.1. The molecule has 1 fully saturated rings. The molecule has 0 saturated carbocycles. The summed E-state index contributed by atoms with van der Waals surface area (Å²) in [7, 11) is 0. The summed E-state index contributed by atoms with van der Waals surface area (Å²) in [5.74, 6) is -3.07. The van der Waals surface area contributed by atoms with E-state index in [1.807, 2.05) is 0 Å². The quantitative estimate of drug-likeness (QED) is 0.515. The molecule has 1 saturated heterocycles. The third kappa shape index (κ3) is 5.38. The predicted octanol–water partition coefficient (Wildman–Crippen LogP) is 2.76. The molecule has 3 rings (SSSR count). The Hall–Kier alpha value is -3.72. The standard InChI is InChI=1S/C23H23ClN4O5/c1-13(2)22(32)28(26-21(31)15-4-6-16(24)7-5-15)19-12-20(30)27(23(19)33)18-10-8-17(9-11-18)25-14(3)29/h4-11,13,19H,12H2,1-3H3,(H,25,29)(H,26,31). The zero-order valence-electron chi connectivity index (χ0n) is 18.3. The number of amides is 5. The smallest absolute Gasteiger partial charge is 0.269 e. The van der Waals surface area contributed by atoms with Crippen LogP contribution in [0.4, 0.5) is 11.4 Å². The molecule has 0 radical (unpaired) electrons. The molecule has 2 aromatic carbocycles. The van der Waals surface area contributed by atoms with Crippen LogP contribution in [0.3, 0.4) is 0 Å². The second-order valence-electron chi connectivity index (χ2n) is 7.83. The number of anilines is 2. The van der Waals surface area contributed by atoms with Gasteiger partial charge in [-0.05, 0) is 48.5 Å². The molecular formula is C23H23ClN4O5. The van der Waals surface area contributed by atoms with E-state index in [-0.39, 0.29) is 17.9 Å². The molecule has 2 aromatic rings. The lowest BCUT2D eigenvalue weighted by Gasteiger charge is -2.29. The van der Waals surface area contributed by atoms with Crippen LogP contribution in [0.15, 0.2) is 48.5 Å². The van der Waals surface area contributed by atoms with Crippen LogP contribution in [0.1, 0.15) is 37.6 Å². The van der Waals surface area contributed by atoms with Gasteiger partial charge in [0.2, 0.25) is 17.7 Å². The number of halogens is 1. The monoisotopic (exact) mass is 470 g/mol. The van der Waals surface area contributed by atoms with Crippen molar-refractivity contribution < 1.29 is 24.0 Å². The first kappa shape index (κ1) is 23.9. The van der Waals surface area contributed by atoms with E-state index in [0.29, 0.717) is 16.4 Å². The molecule has 1 heterocycles. The molecule has 0 spiro atoms. The number of imide groups is 1. The fourth-order valence-electron chi connectivity index (χ4n) is 3.33. The van der Waals surface area contributed by atoms with Crippen molar-refractivity contribution in [1.82, 2.24) is 10.4 Å². The van der Waals surface area contributed by atoms with Crippen LogP contribution in [-0.4, -0.2) is 40.6 Å². The average Bonchev–Trinajstić information content (AvgIpc) is 3.05. The first-order valence-corrected chi connectivity index (χ1v) is 10.6. The average molecular weight is 471 g/mol. The molecule has 0 aliphatic carbocycles. The van der Waals surface area contributed by atoms with Crippen LogP contribution >= 0.6 is 11.6 Å². The minimum atomic E-state index is -1.20. The minimum Gasteiger partial charge on any atom is -0.326 e. The number of carbonyl (C=O) groups is 5. The number of rotatable bonds is 5. The summed E-state index contributed by atoms with van der Waals surface area (Å²) < 4.78 is 0. The van der Waals surface area contributed by atoms with Crippen LogP contribution in [0.5, 0.6) is 0 Å². The van der Waals surface area contributed by atoms with Crippen LogP contribution in [-0.2, 0) is 19.2 Å². The molecule has 2 N–H and O–H groups in total. The van der Waals surface area contributed by atoms with Gasteiger partial charge < -0.3 is 5.32 Å². The molecule has 5 amide bonds. The van der Waals surface area contributed by atoms with Crippen LogP contribution < -0.4 is 15.6 Å². The highest BCUT2D eigenvalue weighted by Crippen LogP contribution is 2.27. The fraction of sp³-hybridized carbons (Fsp3) is 0.261. The Morgan fingerprint density at radius 3 is 2.18 bits per heavy atom. The van der Waals surface area contributed by atoms with E-state index >= 15 is 0 Å². The molecular weight excluding hydrogens is 448 g/mol. The summed E-state index contributed by atoms with van der Waals surface area (Å²) in [6.07, 6.45) is -0.286. The Morgan fingerprint density at radius 2 is 1.64 bits per heavy atom. The van der Waals surface area contributed by atoms with Crippen molar-refractivity contribution in [2.24, 2.45) is 5.92 Å². The van der Waals surface area contributed by atoms with Crippen molar-refractivity contribution in [3.63, 3.8) is 0 Å². The Bertz CT molecular complexity index is 1100. The number of hydrogen-bond acceptors (Lipinski definition) is 5. The van der Waals surface area contributed by atoms with Gasteiger partial charge in [-0.1, -0.05) is 25.4 Å². The van der Waals surface area contributed by atoms with Crippen LogP contribution in [0.2, 0.25) is 5.02 Å². The van der Waals surface area contributed by atoms with Crippen molar-refractivity contribution in [3.05, 3.63) is 59.1 Å². The van der Waals surface area contributed by atoms with Gasteiger partial charge in [0, 0.05) is 29.1 Å². The Labute approximate surface area is 195 Å². The van der Waals surface area contributed by atoms with E-state index in [9.17, 15) is 24.0 Å². The van der Waals surface area contributed by atoms with Crippen LogP contribution in [0, 0.1) is 5.92 Å². The fourth-order valence-corrected chi connectivity index (χ4v) is 3.45. The summed E-state index contributed by atoms with van der Waals surface area (Å²) in [5.41, 5.74) is 3.53. The molecule has 0 bridgehead atoms. The molecule has 1 aliphatic rings. The van der Waals surface area contributed by atoms with Crippen LogP contribution in [0.25, 0.3) is 0 Å². The lowest BCUT2D eigenvalue weighted by molar-refractivity contribution is -0.143. The van der Waals surface area contributed by atoms with Crippen molar-refractivity contribution in [3.8, 4) is 0 Å². The molecule has 9 nitrogen and oxygen atoms in total. The maximum atomic E-state index is 13.2. The SMILES string of the molecule is CC(=O)Nc1ccc(N2C(=O)CC(N(NC(=O)c3ccc(Cl)cc3)C(=O)C(C)C)C2=O)cc1. The van der Waals surface area contributed by atoms with Crippen molar-refractivity contribution >= 4 is 52.5 Å². The predicted molar refractivity (Wildman–Crippen MR) is 122 cm³/mol. The van der Waals surface area contributed by atoms with E-state index in [4.69, 9.17) is 11.6 Å². The second kappa shape index (κ2) is 9.83. The normalized spacial score (nSPS) is 15.5. The summed E-state index contributed by atoms with van der Waals surface area (Å²) >= 11 is 5.86. The second-order valence-corrected chi connectivity index (χ2v) is 8.26. The van der Waals surface area contributed by atoms with Gasteiger partial charge >= 0.3 is 0 Å². The molecule has 1 aliphatic heterocycles. The third-order valence-corrected chi connectivity index (χ3v) is 5.19. The van der Waals surface area contributed by atoms with Gasteiger partial charge in [0.1, 0.15) is 6.04 Å². The number of hydrazine groups is 1. The Morgan fingerprint density at radius 1 is 1.03 bits per heavy atom. The molecule has 10 heteroatoms. The molecule has 1 unspecified atom stereocenters. The summed E-state index contributed by atoms with van der Waals surface area (Å²) in [4.78, 5) is 63.6. The number of carbonyl (C=O) groups excluding carboxylic acids is 5. The highest BCUT2D eigenvalue weighted by atomic mass is 35.5. The maximum absolute atomic E-state index is 13.2. The highest BCUT2D eigenvalue weighted by molar-refractivity contribution is 6.30. The molecule has 0 aromatic heterocycles. The van der Waals surface area contributed by atoms with Gasteiger partial charge in [-0.25, -0.2) is 9.91 Å². The molecule has 33 heavy (non-hydrogen) atoms. The van der Waals surface area contributed by atoms with Gasteiger partial charge in [-0.3, -0.25) is 29.4 Å². The van der Waals surface area contributed by atoms with Gasteiger partial charge in [-0.2, -0.15) is 0 Å². The number of nitrogens with one attached hydrogen (secondary N) is 2. The van der Waals surface area contributed by atoms with E-state index in [1.54, 1.807) is 26.0 Å². The topological polar surface area (TPSA) is 116 Å². The van der Waals surface area contributed by atoms with Crippen molar-refractivity contribution in [1.29, 1.82) is 0 Å². The Kier molecular flexibility index (Phi) is 7.13. The van der Waals surface area contributed by atoms with Gasteiger partial charge in [-0.15, -0.1) is 0 Å². The van der Waals surface area contributed by atoms with Gasteiger partial charge in [0.25, 0.3) is 11.8 Å². The molecule has 1 atom stereocenters.